The number of carbonyl (C=O) groups excluding carboxylic acids is 3. The normalized spacial score (nSPS) is 29.9. The molecule has 8 nitrogen and oxygen atoms in total. The maximum absolute atomic E-state index is 14.1. The third-order valence-electron chi connectivity index (χ3n) is 8.95. The van der Waals surface area contributed by atoms with Crippen LogP contribution >= 0.6 is 0 Å². The molecular formula is C31H33N3O5. The molecule has 3 N–H and O–H groups in total. The smallest absolute Gasteiger partial charge is 0.250 e. The van der Waals surface area contributed by atoms with Gasteiger partial charge in [-0.15, -0.1) is 0 Å². The number of aliphatic hydroxyl groups excluding tert-OH is 1. The molecule has 202 valence electrons. The van der Waals surface area contributed by atoms with Gasteiger partial charge in [-0.05, 0) is 61.2 Å². The van der Waals surface area contributed by atoms with E-state index in [1.165, 1.54) is 4.90 Å². The molecule has 0 aromatic heterocycles. The summed E-state index contributed by atoms with van der Waals surface area (Å²) in [6, 6.07) is 21.1. The second-order valence-electron chi connectivity index (χ2n) is 11.0. The quantitative estimate of drug-likeness (QED) is 0.431. The minimum Gasteiger partial charge on any atom is -0.394 e. The summed E-state index contributed by atoms with van der Waals surface area (Å²) >= 11 is 0. The molecule has 6 atom stereocenters. The van der Waals surface area contributed by atoms with Crippen molar-refractivity contribution in [3.8, 4) is 0 Å². The topological polar surface area (TPSA) is 108 Å². The number of fused-ring (bicyclic) bond motifs is 2. The number of benzene rings is 3. The van der Waals surface area contributed by atoms with E-state index in [2.05, 4.69) is 10.6 Å². The van der Waals surface area contributed by atoms with Crippen LogP contribution in [0.25, 0.3) is 10.8 Å². The van der Waals surface area contributed by atoms with Crippen molar-refractivity contribution in [1.82, 2.24) is 4.90 Å². The lowest BCUT2D eigenvalue weighted by Crippen LogP contribution is -2.55. The van der Waals surface area contributed by atoms with Crippen LogP contribution in [0.4, 0.5) is 11.4 Å². The molecule has 0 aliphatic carbocycles. The molecule has 0 radical (unpaired) electrons. The summed E-state index contributed by atoms with van der Waals surface area (Å²) in [5.74, 6) is -2.56. The zero-order chi connectivity index (χ0) is 27.4. The molecule has 3 saturated heterocycles. The van der Waals surface area contributed by atoms with E-state index in [0.29, 0.717) is 30.6 Å². The second-order valence-corrected chi connectivity index (χ2v) is 11.0. The highest BCUT2D eigenvalue weighted by Gasteiger charge is 2.79. The summed E-state index contributed by atoms with van der Waals surface area (Å²) in [5, 5.41) is 18.1. The van der Waals surface area contributed by atoms with Gasteiger partial charge in [-0.1, -0.05) is 55.5 Å². The highest BCUT2D eigenvalue weighted by atomic mass is 16.5. The summed E-state index contributed by atoms with van der Waals surface area (Å²) in [6.07, 6.45) is 1.60. The van der Waals surface area contributed by atoms with Crippen LogP contribution in [0, 0.1) is 11.8 Å². The zero-order valence-electron chi connectivity index (χ0n) is 22.1. The number of ether oxygens (including phenoxy) is 1. The first-order valence-corrected chi connectivity index (χ1v) is 13.6. The molecule has 39 heavy (non-hydrogen) atoms. The van der Waals surface area contributed by atoms with Gasteiger partial charge in [-0.2, -0.15) is 0 Å². The van der Waals surface area contributed by atoms with E-state index in [0.717, 1.165) is 10.8 Å². The van der Waals surface area contributed by atoms with E-state index >= 15 is 0 Å². The lowest BCUT2D eigenvalue weighted by atomic mass is 9.65. The summed E-state index contributed by atoms with van der Waals surface area (Å²) in [5.41, 5.74) is -0.744. The lowest BCUT2D eigenvalue weighted by Gasteiger charge is -2.36. The Hall–Kier alpha value is -3.75. The molecule has 3 heterocycles. The molecular weight excluding hydrogens is 494 g/mol. The number of nitrogens with zero attached hydrogens (tertiary/aromatic N) is 1. The number of amides is 3. The minimum atomic E-state index is -1.16. The van der Waals surface area contributed by atoms with Gasteiger partial charge < -0.3 is 25.4 Å². The fraction of sp³-hybridized carbons (Fsp3) is 0.387. The molecule has 3 aromatic rings. The number of rotatable bonds is 7. The summed E-state index contributed by atoms with van der Waals surface area (Å²) in [4.78, 5) is 43.4. The van der Waals surface area contributed by atoms with Crippen LogP contribution in [-0.2, 0) is 19.1 Å². The predicted molar refractivity (Wildman–Crippen MR) is 148 cm³/mol. The largest absolute Gasteiger partial charge is 0.394 e. The Balaban J connectivity index is 1.38. The van der Waals surface area contributed by atoms with E-state index in [-0.39, 0.29) is 24.3 Å². The molecule has 6 rings (SSSR count). The molecule has 3 aliphatic heterocycles. The van der Waals surface area contributed by atoms with Crippen LogP contribution in [0.15, 0.2) is 72.8 Å². The van der Waals surface area contributed by atoms with Gasteiger partial charge in [-0.3, -0.25) is 14.4 Å². The average molecular weight is 528 g/mol. The number of anilines is 2. The molecule has 8 heteroatoms. The Morgan fingerprint density at radius 2 is 1.67 bits per heavy atom. The van der Waals surface area contributed by atoms with E-state index in [1.54, 1.807) is 19.1 Å². The maximum Gasteiger partial charge on any atom is 0.250 e. The first-order chi connectivity index (χ1) is 18.8. The summed E-state index contributed by atoms with van der Waals surface area (Å²) in [6.45, 7) is 3.37. The molecule has 3 amide bonds. The van der Waals surface area contributed by atoms with E-state index in [4.69, 9.17) is 4.74 Å². The van der Waals surface area contributed by atoms with Gasteiger partial charge in [-0.25, -0.2) is 0 Å². The predicted octanol–water partition coefficient (Wildman–Crippen LogP) is 3.95. The van der Waals surface area contributed by atoms with E-state index in [1.807, 2.05) is 67.6 Å². The molecule has 3 fully saturated rings. The zero-order valence-corrected chi connectivity index (χ0v) is 22.1. The van der Waals surface area contributed by atoms with Crippen molar-refractivity contribution in [3.05, 3.63) is 72.8 Å². The van der Waals surface area contributed by atoms with Crippen molar-refractivity contribution in [1.29, 1.82) is 0 Å². The van der Waals surface area contributed by atoms with Crippen LogP contribution < -0.4 is 10.6 Å². The Morgan fingerprint density at radius 3 is 2.38 bits per heavy atom. The maximum atomic E-state index is 14.1. The molecule has 2 bridgehead atoms. The standard InChI is InChI=1S/C31H33N3O5/c1-3-30-15-16-31(39-30)25(24(30)27(36)32-22-11-5-4-6-12-22)29(38)34(19(2)18-35)26(31)28(37)33-23-14-13-20-9-7-8-10-21(20)17-23/h4-14,17,19,24-26,35H,3,15-16,18H2,1-2H3,(H,32,36)(H,33,37)/t19-,24-,25+,26?,30+,31?/m1/s1. The first kappa shape index (κ1) is 25.5. The van der Waals surface area contributed by atoms with Crippen LogP contribution in [0.3, 0.4) is 0 Å². The fourth-order valence-electron chi connectivity index (χ4n) is 7.13. The van der Waals surface area contributed by atoms with Crippen molar-refractivity contribution in [3.63, 3.8) is 0 Å². The van der Waals surface area contributed by atoms with Gasteiger partial charge in [0.1, 0.15) is 11.6 Å². The first-order valence-electron chi connectivity index (χ1n) is 13.6. The summed E-state index contributed by atoms with van der Waals surface area (Å²) < 4.78 is 6.76. The third kappa shape index (κ3) is 3.85. The minimum absolute atomic E-state index is 0.282. The van der Waals surface area contributed by atoms with Crippen molar-refractivity contribution in [2.45, 2.75) is 56.4 Å². The number of aliphatic hydroxyl groups is 1. The number of para-hydroxylation sites is 1. The van der Waals surface area contributed by atoms with Crippen LogP contribution in [0.1, 0.15) is 33.1 Å². The number of nitrogens with one attached hydrogen (secondary N) is 2. The number of hydrogen-bond acceptors (Lipinski definition) is 5. The van der Waals surface area contributed by atoms with Gasteiger partial charge in [0.25, 0.3) is 0 Å². The van der Waals surface area contributed by atoms with Crippen LogP contribution in [0.2, 0.25) is 0 Å². The van der Waals surface area contributed by atoms with Gasteiger partial charge in [0, 0.05) is 11.4 Å². The SMILES string of the molecule is CC[C@@]12CCC3(O1)C(C(=O)Nc1ccc4ccccc4c1)N([C@H](C)CO)C(=O)[C@@H]3[C@@H]2C(=O)Nc1ccccc1. The van der Waals surface area contributed by atoms with Crippen molar-refractivity contribution < 1.29 is 24.2 Å². The number of likely N-dealkylation sites (tertiary alicyclic amines) is 1. The van der Waals surface area contributed by atoms with Crippen molar-refractivity contribution >= 4 is 39.9 Å². The molecule has 0 saturated carbocycles. The Bertz CT molecular complexity index is 1440. The number of carbonyl (C=O) groups is 3. The van der Waals surface area contributed by atoms with Gasteiger partial charge in [0.05, 0.1) is 30.1 Å². The summed E-state index contributed by atoms with van der Waals surface area (Å²) in [7, 11) is 0. The third-order valence-corrected chi connectivity index (χ3v) is 8.95. The fourth-order valence-corrected chi connectivity index (χ4v) is 7.13. The monoisotopic (exact) mass is 527 g/mol. The van der Waals surface area contributed by atoms with Crippen LogP contribution in [0.5, 0.6) is 0 Å². The van der Waals surface area contributed by atoms with E-state index < -0.39 is 35.1 Å². The molecule has 3 aliphatic rings. The van der Waals surface area contributed by atoms with Crippen molar-refractivity contribution in [2.75, 3.05) is 17.2 Å². The Kier molecular flexibility index (Phi) is 6.19. The van der Waals surface area contributed by atoms with E-state index in [9.17, 15) is 19.5 Å². The van der Waals surface area contributed by atoms with Gasteiger partial charge in [0.15, 0.2) is 0 Å². The lowest BCUT2D eigenvalue weighted by molar-refractivity contribution is -0.147. The van der Waals surface area contributed by atoms with Crippen LogP contribution in [-0.4, -0.2) is 57.6 Å². The molecule has 1 spiro atoms. The highest BCUT2D eigenvalue weighted by molar-refractivity contribution is 6.06. The average Bonchev–Trinajstić information content (AvgIpc) is 3.56. The molecule has 3 aromatic carbocycles. The Labute approximate surface area is 227 Å². The van der Waals surface area contributed by atoms with Crippen molar-refractivity contribution in [2.24, 2.45) is 11.8 Å². The second kappa shape index (κ2) is 9.47. The Morgan fingerprint density at radius 1 is 0.974 bits per heavy atom. The number of hydrogen-bond donors (Lipinski definition) is 3. The highest BCUT2D eigenvalue weighted by Crippen LogP contribution is 2.64. The molecule has 2 unspecified atom stereocenters. The van der Waals surface area contributed by atoms with Gasteiger partial charge in [0.2, 0.25) is 17.7 Å². The van der Waals surface area contributed by atoms with Gasteiger partial charge >= 0.3 is 0 Å².